The summed E-state index contributed by atoms with van der Waals surface area (Å²) in [5, 5.41) is 3.79. The lowest BCUT2D eigenvalue weighted by molar-refractivity contribution is 1.01. The molecule has 3 nitrogen and oxygen atoms in total. The molecule has 0 spiro atoms. The molecule has 0 atom stereocenters. The van der Waals surface area contributed by atoms with Gasteiger partial charge in [-0.2, -0.15) is 0 Å². The summed E-state index contributed by atoms with van der Waals surface area (Å²) in [4.78, 5) is 10.9. The molecule has 0 amide bonds. The molecule has 1 aromatic carbocycles. The number of hydrogen-bond donors (Lipinski definition) is 0. The SMILES string of the molecule is CCN(c1ccc(Cl)cc1)c1nc(-c2ccncc2)cs1. The van der Waals surface area contributed by atoms with E-state index < -0.39 is 0 Å². The Labute approximate surface area is 132 Å². The number of hydrogen-bond acceptors (Lipinski definition) is 4. The summed E-state index contributed by atoms with van der Waals surface area (Å²) in [6.07, 6.45) is 3.57. The second-order valence-corrected chi connectivity index (χ2v) is 5.74. The summed E-state index contributed by atoms with van der Waals surface area (Å²) in [5.74, 6) is 0. The van der Waals surface area contributed by atoms with Gasteiger partial charge < -0.3 is 4.90 Å². The average molecular weight is 316 g/mol. The fraction of sp³-hybridized carbons (Fsp3) is 0.125. The van der Waals surface area contributed by atoms with Crippen molar-refractivity contribution in [2.75, 3.05) is 11.4 Å². The van der Waals surface area contributed by atoms with E-state index in [1.165, 1.54) is 0 Å². The Hall–Kier alpha value is -1.91. The van der Waals surface area contributed by atoms with Crippen LogP contribution in [0.2, 0.25) is 5.02 Å². The Morgan fingerprint density at radius 1 is 1.10 bits per heavy atom. The van der Waals surface area contributed by atoms with Gasteiger partial charge in [0.2, 0.25) is 0 Å². The van der Waals surface area contributed by atoms with Crippen LogP contribution in [0.1, 0.15) is 6.92 Å². The second kappa shape index (κ2) is 6.24. The number of aromatic nitrogens is 2. The minimum absolute atomic E-state index is 0.742. The van der Waals surface area contributed by atoms with Gasteiger partial charge >= 0.3 is 0 Å². The van der Waals surface area contributed by atoms with Gasteiger partial charge in [0.25, 0.3) is 0 Å². The largest absolute Gasteiger partial charge is 0.318 e. The van der Waals surface area contributed by atoms with E-state index in [1.807, 2.05) is 36.4 Å². The molecule has 0 saturated heterocycles. The predicted molar refractivity (Wildman–Crippen MR) is 89.5 cm³/mol. The normalized spacial score (nSPS) is 10.6. The lowest BCUT2D eigenvalue weighted by atomic mass is 10.2. The molecule has 5 heteroatoms. The van der Waals surface area contributed by atoms with Gasteiger partial charge in [-0.1, -0.05) is 11.6 Å². The number of rotatable bonds is 4. The Morgan fingerprint density at radius 3 is 2.48 bits per heavy atom. The van der Waals surface area contributed by atoms with Crippen LogP contribution < -0.4 is 4.90 Å². The highest BCUT2D eigenvalue weighted by atomic mass is 35.5. The van der Waals surface area contributed by atoms with Gasteiger partial charge in [0, 0.05) is 40.6 Å². The molecule has 0 fully saturated rings. The topological polar surface area (TPSA) is 29.0 Å². The molecule has 0 radical (unpaired) electrons. The van der Waals surface area contributed by atoms with E-state index in [1.54, 1.807) is 23.7 Å². The third-order valence-electron chi connectivity index (χ3n) is 3.15. The maximum atomic E-state index is 5.95. The van der Waals surface area contributed by atoms with E-state index in [-0.39, 0.29) is 0 Å². The standard InChI is InChI=1S/C16H14ClN3S/c1-2-20(14-5-3-13(17)4-6-14)16-19-15(11-21-16)12-7-9-18-10-8-12/h3-11H,2H2,1H3. The zero-order valence-corrected chi connectivity index (χ0v) is 13.1. The third-order valence-corrected chi connectivity index (χ3v) is 4.27. The highest BCUT2D eigenvalue weighted by Gasteiger charge is 2.12. The van der Waals surface area contributed by atoms with Crippen LogP contribution in [0.4, 0.5) is 10.8 Å². The van der Waals surface area contributed by atoms with Crippen LogP contribution in [0.5, 0.6) is 0 Å². The van der Waals surface area contributed by atoms with E-state index in [0.29, 0.717) is 0 Å². The molecule has 0 unspecified atom stereocenters. The number of pyridine rings is 1. The maximum Gasteiger partial charge on any atom is 0.190 e. The van der Waals surface area contributed by atoms with E-state index in [0.717, 1.165) is 33.6 Å². The van der Waals surface area contributed by atoms with Crippen LogP contribution in [0.3, 0.4) is 0 Å². The maximum absolute atomic E-state index is 5.95. The molecule has 106 valence electrons. The van der Waals surface area contributed by atoms with Crippen molar-refractivity contribution in [1.82, 2.24) is 9.97 Å². The van der Waals surface area contributed by atoms with Crippen LogP contribution in [0.25, 0.3) is 11.3 Å². The van der Waals surface area contributed by atoms with Crippen molar-refractivity contribution in [2.24, 2.45) is 0 Å². The van der Waals surface area contributed by atoms with Crippen molar-refractivity contribution >= 4 is 33.8 Å². The highest BCUT2D eigenvalue weighted by molar-refractivity contribution is 7.14. The first-order valence-corrected chi connectivity index (χ1v) is 7.92. The molecule has 21 heavy (non-hydrogen) atoms. The first-order valence-electron chi connectivity index (χ1n) is 6.67. The van der Waals surface area contributed by atoms with Crippen LogP contribution in [-0.4, -0.2) is 16.5 Å². The lowest BCUT2D eigenvalue weighted by Gasteiger charge is -2.19. The Balaban J connectivity index is 1.92. The quantitative estimate of drug-likeness (QED) is 0.677. The van der Waals surface area contributed by atoms with Crippen molar-refractivity contribution < 1.29 is 0 Å². The van der Waals surface area contributed by atoms with Gasteiger partial charge in [-0.05, 0) is 43.3 Å². The van der Waals surface area contributed by atoms with Gasteiger partial charge in [0.15, 0.2) is 5.13 Å². The smallest absolute Gasteiger partial charge is 0.190 e. The van der Waals surface area contributed by atoms with Crippen molar-refractivity contribution in [3.05, 3.63) is 59.2 Å². The zero-order chi connectivity index (χ0) is 14.7. The van der Waals surface area contributed by atoms with E-state index >= 15 is 0 Å². The number of thiazole rings is 1. The first kappa shape index (κ1) is 14.0. The summed E-state index contributed by atoms with van der Waals surface area (Å²) in [7, 11) is 0. The number of benzene rings is 1. The lowest BCUT2D eigenvalue weighted by Crippen LogP contribution is -2.15. The fourth-order valence-corrected chi connectivity index (χ4v) is 3.14. The van der Waals surface area contributed by atoms with Crippen LogP contribution in [0, 0.1) is 0 Å². The average Bonchev–Trinajstić information content (AvgIpc) is 3.00. The fourth-order valence-electron chi connectivity index (χ4n) is 2.09. The van der Waals surface area contributed by atoms with Crippen molar-refractivity contribution in [3.63, 3.8) is 0 Å². The highest BCUT2D eigenvalue weighted by Crippen LogP contribution is 2.32. The molecule has 0 aliphatic rings. The van der Waals surface area contributed by atoms with Crippen molar-refractivity contribution in [3.8, 4) is 11.3 Å². The van der Waals surface area contributed by atoms with Gasteiger partial charge in [0.1, 0.15) is 0 Å². The minimum atomic E-state index is 0.742. The summed E-state index contributed by atoms with van der Waals surface area (Å²) in [5.41, 5.74) is 3.15. The molecule has 3 rings (SSSR count). The van der Waals surface area contributed by atoms with Gasteiger partial charge in [-0.25, -0.2) is 4.98 Å². The second-order valence-electron chi connectivity index (χ2n) is 4.47. The molecule has 3 aromatic rings. The van der Waals surface area contributed by atoms with E-state index in [4.69, 9.17) is 16.6 Å². The number of nitrogens with zero attached hydrogens (tertiary/aromatic N) is 3. The predicted octanol–water partition coefficient (Wildman–Crippen LogP) is 5.02. The summed E-state index contributed by atoms with van der Waals surface area (Å²) >= 11 is 7.59. The Bertz CT molecular complexity index is 710. The molecular weight excluding hydrogens is 302 g/mol. The van der Waals surface area contributed by atoms with Crippen LogP contribution >= 0.6 is 22.9 Å². The number of anilines is 2. The van der Waals surface area contributed by atoms with E-state index in [9.17, 15) is 0 Å². The molecule has 2 heterocycles. The van der Waals surface area contributed by atoms with E-state index in [2.05, 4.69) is 22.2 Å². The summed E-state index contributed by atoms with van der Waals surface area (Å²) in [6.45, 7) is 2.97. The van der Waals surface area contributed by atoms with Gasteiger partial charge in [-0.3, -0.25) is 4.98 Å². The Morgan fingerprint density at radius 2 is 1.81 bits per heavy atom. The van der Waals surface area contributed by atoms with Gasteiger partial charge in [0.05, 0.1) is 5.69 Å². The van der Waals surface area contributed by atoms with Crippen LogP contribution in [0.15, 0.2) is 54.2 Å². The van der Waals surface area contributed by atoms with Crippen LogP contribution in [-0.2, 0) is 0 Å². The van der Waals surface area contributed by atoms with Gasteiger partial charge in [-0.15, -0.1) is 11.3 Å². The summed E-state index contributed by atoms with van der Waals surface area (Å²) in [6, 6.07) is 11.8. The molecule has 0 aliphatic carbocycles. The Kier molecular flexibility index (Phi) is 4.18. The van der Waals surface area contributed by atoms with Crippen molar-refractivity contribution in [1.29, 1.82) is 0 Å². The minimum Gasteiger partial charge on any atom is -0.318 e. The molecule has 0 saturated carbocycles. The molecule has 2 aromatic heterocycles. The monoisotopic (exact) mass is 315 g/mol. The first-order chi connectivity index (χ1) is 10.3. The molecule has 0 bridgehead atoms. The molecule has 0 aliphatic heterocycles. The molecular formula is C16H14ClN3S. The number of halogens is 1. The third kappa shape index (κ3) is 3.06. The molecule has 0 N–H and O–H groups in total. The zero-order valence-electron chi connectivity index (χ0n) is 11.5. The summed E-state index contributed by atoms with van der Waals surface area (Å²) < 4.78 is 0. The van der Waals surface area contributed by atoms with Crippen molar-refractivity contribution in [2.45, 2.75) is 6.92 Å².